The molecule has 0 saturated heterocycles. The van der Waals surface area contributed by atoms with E-state index in [-0.39, 0.29) is 6.10 Å². The highest BCUT2D eigenvalue weighted by atomic mass is 35.5. The molecule has 5 nitrogen and oxygen atoms in total. The molecule has 4 rings (SSSR count). The number of methoxy groups -OCH3 is 1. The second-order valence-corrected chi connectivity index (χ2v) is 6.99. The molecule has 0 aliphatic carbocycles. The minimum absolute atomic E-state index is 0.109. The molecule has 0 bridgehead atoms. The zero-order valence-corrected chi connectivity index (χ0v) is 15.9. The van der Waals surface area contributed by atoms with Gasteiger partial charge in [-0.3, -0.25) is 0 Å². The number of nitrogens with zero attached hydrogens (tertiary/aromatic N) is 2. The van der Waals surface area contributed by atoms with Crippen molar-refractivity contribution in [2.45, 2.75) is 25.8 Å². The van der Waals surface area contributed by atoms with Crippen LogP contribution in [0.3, 0.4) is 0 Å². The lowest BCUT2D eigenvalue weighted by Gasteiger charge is -2.24. The van der Waals surface area contributed by atoms with Gasteiger partial charge in [-0.15, -0.1) is 0 Å². The number of fused-ring (bicyclic) bond motifs is 1. The van der Waals surface area contributed by atoms with E-state index in [0.717, 1.165) is 53.1 Å². The van der Waals surface area contributed by atoms with E-state index in [4.69, 9.17) is 26.1 Å². The molecule has 0 fully saturated rings. The van der Waals surface area contributed by atoms with Gasteiger partial charge in [0.15, 0.2) is 0 Å². The van der Waals surface area contributed by atoms with E-state index in [2.05, 4.69) is 16.1 Å². The van der Waals surface area contributed by atoms with Crippen molar-refractivity contribution in [3.63, 3.8) is 0 Å². The van der Waals surface area contributed by atoms with E-state index in [0.29, 0.717) is 6.61 Å². The topological polar surface area (TPSA) is 48.3 Å². The maximum atomic E-state index is 6.20. The van der Waals surface area contributed by atoms with Gasteiger partial charge in [-0.2, -0.15) is 0 Å². The van der Waals surface area contributed by atoms with Gasteiger partial charge in [0.05, 0.1) is 25.5 Å². The van der Waals surface area contributed by atoms with Crippen LogP contribution in [0.5, 0.6) is 5.75 Å². The molecule has 0 spiro atoms. The van der Waals surface area contributed by atoms with E-state index in [1.807, 2.05) is 48.5 Å². The second-order valence-electron chi connectivity index (χ2n) is 6.58. The number of hydrogen-bond donors (Lipinski definition) is 1. The molecular weight excluding hydrogens is 362 g/mol. The summed E-state index contributed by atoms with van der Waals surface area (Å²) < 4.78 is 13.4. The molecule has 1 N–H and O–H groups in total. The van der Waals surface area contributed by atoms with Crippen LogP contribution in [-0.2, 0) is 24.4 Å². The van der Waals surface area contributed by atoms with Crippen LogP contribution in [0, 0.1) is 0 Å². The van der Waals surface area contributed by atoms with Gasteiger partial charge in [0.25, 0.3) is 0 Å². The zero-order chi connectivity index (χ0) is 18.6. The van der Waals surface area contributed by atoms with Crippen molar-refractivity contribution >= 4 is 11.6 Å². The molecule has 6 heteroatoms. The van der Waals surface area contributed by atoms with Crippen LogP contribution in [0.2, 0.25) is 5.02 Å². The Hall–Kier alpha value is -2.34. The summed E-state index contributed by atoms with van der Waals surface area (Å²) in [4.78, 5) is 4.71. The van der Waals surface area contributed by atoms with Gasteiger partial charge in [-0.05, 0) is 35.9 Å². The summed E-state index contributed by atoms with van der Waals surface area (Å²) in [6.45, 7) is 2.80. The van der Waals surface area contributed by atoms with Crippen molar-refractivity contribution < 1.29 is 9.47 Å². The highest BCUT2D eigenvalue weighted by Crippen LogP contribution is 2.24. The number of benzene rings is 2. The Morgan fingerprint density at radius 1 is 1.22 bits per heavy atom. The lowest BCUT2D eigenvalue weighted by molar-refractivity contribution is 0.00278. The fourth-order valence-corrected chi connectivity index (χ4v) is 3.43. The third-order valence-electron chi connectivity index (χ3n) is 4.74. The van der Waals surface area contributed by atoms with Gasteiger partial charge in [-0.1, -0.05) is 29.8 Å². The SMILES string of the molecule is COc1ccc(-c2cn3c(n2)CO[C@@H](CNCc2ccccc2Cl)C3)cc1. The standard InChI is InChI=1S/C21H22ClN3O2/c1-26-17-8-6-15(7-9-17)20-13-25-12-18(27-14-21(25)24-20)11-23-10-16-4-2-3-5-19(16)22/h2-9,13,18,23H,10-12,14H2,1H3/t18-/m0/s1. The average molecular weight is 384 g/mol. The summed E-state index contributed by atoms with van der Waals surface area (Å²) in [5.41, 5.74) is 3.13. The van der Waals surface area contributed by atoms with E-state index >= 15 is 0 Å². The van der Waals surface area contributed by atoms with Gasteiger partial charge < -0.3 is 19.4 Å². The smallest absolute Gasteiger partial charge is 0.135 e. The van der Waals surface area contributed by atoms with Crippen LogP contribution in [0.1, 0.15) is 11.4 Å². The molecule has 0 saturated carbocycles. The number of aromatic nitrogens is 2. The summed E-state index contributed by atoms with van der Waals surface area (Å²) >= 11 is 6.20. The lowest BCUT2D eigenvalue weighted by atomic mass is 10.1. The Bertz CT molecular complexity index is 908. The minimum atomic E-state index is 0.109. The van der Waals surface area contributed by atoms with Crippen LogP contribution in [-0.4, -0.2) is 29.3 Å². The molecule has 0 amide bonds. The first kappa shape index (κ1) is 18.0. The molecule has 3 aromatic rings. The van der Waals surface area contributed by atoms with Crippen molar-refractivity contribution in [2.24, 2.45) is 0 Å². The van der Waals surface area contributed by atoms with Gasteiger partial charge in [-0.25, -0.2) is 4.98 Å². The van der Waals surface area contributed by atoms with Gasteiger partial charge in [0.1, 0.15) is 18.2 Å². The fraction of sp³-hybridized carbons (Fsp3) is 0.286. The lowest BCUT2D eigenvalue weighted by Crippen LogP contribution is -2.36. The normalized spacial score (nSPS) is 16.1. The molecule has 1 aliphatic rings. The molecular formula is C21H22ClN3O2. The molecule has 0 radical (unpaired) electrons. The number of rotatable bonds is 6. The second kappa shape index (κ2) is 8.13. The Balaban J connectivity index is 1.37. The number of ether oxygens (including phenoxy) is 2. The molecule has 27 heavy (non-hydrogen) atoms. The third-order valence-corrected chi connectivity index (χ3v) is 5.11. The van der Waals surface area contributed by atoms with Crippen molar-refractivity contribution in [2.75, 3.05) is 13.7 Å². The predicted molar refractivity (Wildman–Crippen MR) is 106 cm³/mol. The summed E-state index contributed by atoms with van der Waals surface area (Å²) in [6, 6.07) is 15.8. The monoisotopic (exact) mass is 383 g/mol. The molecule has 1 aromatic heterocycles. The average Bonchev–Trinajstić information content (AvgIpc) is 3.13. The molecule has 2 aromatic carbocycles. The molecule has 1 aliphatic heterocycles. The van der Waals surface area contributed by atoms with Crippen LogP contribution < -0.4 is 10.1 Å². The molecule has 140 valence electrons. The first-order chi connectivity index (χ1) is 13.2. The quantitative estimate of drug-likeness (QED) is 0.701. The van der Waals surface area contributed by atoms with Crippen LogP contribution >= 0.6 is 11.6 Å². The highest BCUT2D eigenvalue weighted by Gasteiger charge is 2.21. The van der Waals surface area contributed by atoms with Crippen LogP contribution in [0.15, 0.2) is 54.7 Å². The van der Waals surface area contributed by atoms with Gasteiger partial charge in [0.2, 0.25) is 0 Å². The Kier molecular flexibility index (Phi) is 5.43. The first-order valence-corrected chi connectivity index (χ1v) is 9.37. The van der Waals surface area contributed by atoms with Crippen molar-refractivity contribution in [3.05, 3.63) is 71.1 Å². The number of halogens is 1. The van der Waals surface area contributed by atoms with Crippen LogP contribution in [0.25, 0.3) is 11.3 Å². The van der Waals surface area contributed by atoms with Crippen molar-refractivity contribution in [1.82, 2.24) is 14.9 Å². The summed E-state index contributed by atoms with van der Waals surface area (Å²) in [7, 11) is 1.67. The highest BCUT2D eigenvalue weighted by molar-refractivity contribution is 6.31. The van der Waals surface area contributed by atoms with E-state index in [1.54, 1.807) is 7.11 Å². The predicted octanol–water partition coefficient (Wildman–Crippen LogP) is 3.90. The summed E-state index contributed by atoms with van der Waals surface area (Å²) in [5.74, 6) is 1.80. The molecule has 1 atom stereocenters. The third kappa shape index (κ3) is 4.16. The van der Waals surface area contributed by atoms with Crippen molar-refractivity contribution in [3.8, 4) is 17.0 Å². The Morgan fingerprint density at radius 3 is 2.81 bits per heavy atom. The summed E-state index contributed by atoms with van der Waals surface area (Å²) in [5, 5.41) is 4.22. The maximum absolute atomic E-state index is 6.20. The zero-order valence-electron chi connectivity index (χ0n) is 15.2. The van der Waals surface area contributed by atoms with Crippen molar-refractivity contribution in [1.29, 1.82) is 0 Å². The molecule has 0 unspecified atom stereocenters. The first-order valence-electron chi connectivity index (χ1n) is 8.99. The number of hydrogen-bond acceptors (Lipinski definition) is 4. The fourth-order valence-electron chi connectivity index (χ4n) is 3.23. The largest absolute Gasteiger partial charge is 0.497 e. The Labute approximate surface area is 163 Å². The van der Waals surface area contributed by atoms with E-state index < -0.39 is 0 Å². The number of nitrogens with one attached hydrogen (secondary N) is 1. The summed E-state index contributed by atoms with van der Waals surface area (Å²) in [6.07, 6.45) is 2.21. The maximum Gasteiger partial charge on any atom is 0.135 e. The molecule has 2 heterocycles. The van der Waals surface area contributed by atoms with E-state index in [9.17, 15) is 0 Å². The van der Waals surface area contributed by atoms with Gasteiger partial charge >= 0.3 is 0 Å². The Morgan fingerprint density at radius 2 is 2.04 bits per heavy atom. The number of imidazole rings is 1. The van der Waals surface area contributed by atoms with E-state index in [1.165, 1.54) is 0 Å². The minimum Gasteiger partial charge on any atom is -0.497 e. The van der Waals surface area contributed by atoms with Gasteiger partial charge in [0, 0.05) is 29.9 Å². The van der Waals surface area contributed by atoms with Crippen LogP contribution in [0.4, 0.5) is 0 Å².